The topological polar surface area (TPSA) is 110 Å². The molecule has 2 heterocycles. The van der Waals surface area contributed by atoms with Gasteiger partial charge in [-0.1, -0.05) is 6.07 Å². The maximum Gasteiger partial charge on any atom is 0.335 e. The molecule has 1 aliphatic heterocycles. The first-order chi connectivity index (χ1) is 13.6. The normalized spacial score (nSPS) is 14.3. The first-order valence-corrected chi connectivity index (χ1v) is 8.73. The third-order valence-electron chi connectivity index (χ3n) is 4.35. The second-order valence-corrected chi connectivity index (χ2v) is 6.20. The summed E-state index contributed by atoms with van der Waals surface area (Å²) in [6.07, 6.45) is 3.32. The second kappa shape index (κ2) is 8.68. The molecule has 2 aromatic rings. The van der Waals surface area contributed by atoms with Gasteiger partial charge in [-0.2, -0.15) is 5.26 Å². The van der Waals surface area contributed by atoms with Crippen LogP contribution in [0.3, 0.4) is 0 Å². The summed E-state index contributed by atoms with van der Waals surface area (Å²) in [6, 6.07) is 13.5. The van der Waals surface area contributed by atoms with Gasteiger partial charge in [-0.15, -0.1) is 0 Å². The molecule has 0 radical (unpaired) electrons. The number of aromatic carboxylic acids is 1. The van der Waals surface area contributed by atoms with Crippen molar-refractivity contribution in [3.05, 3.63) is 66.0 Å². The minimum atomic E-state index is -1.04. The van der Waals surface area contributed by atoms with Gasteiger partial charge < -0.3 is 20.2 Å². The van der Waals surface area contributed by atoms with Gasteiger partial charge in [-0.05, 0) is 36.4 Å². The van der Waals surface area contributed by atoms with Crippen LogP contribution in [0.25, 0.3) is 0 Å². The van der Waals surface area contributed by atoms with Crippen LogP contribution in [0, 0.1) is 11.3 Å². The van der Waals surface area contributed by atoms with Crippen LogP contribution in [-0.2, 0) is 4.79 Å². The van der Waals surface area contributed by atoms with E-state index in [-0.39, 0.29) is 11.1 Å². The maximum atomic E-state index is 12.4. The van der Waals surface area contributed by atoms with Gasteiger partial charge in [0.1, 0.15) is 17.5 Å². The third-order valence-corrected chi connectivity index (χ3v) is 4.35. The summed E-state index contributed by atoms with van der Waals surface area (Å²) in [5.74, 6) is -0.660. The van der Waals surface area contributed by atoms with Crippen LogP contribution in [0.4, 0.5) is 11.5 Å². The average molecular weight is 377 g/mol. The van der Waals surface area contributed by atoms with Crippen molar-refractivity contribution in [1.29, 1.82) is 5.26 Å². The molecule has 8 nitrogen and oxygen atoms in total. The Labute approximate surface area is 162 Å². The van der Waals surface area contributed by atoms with E-state index in [2.05, 4.69) is 15.2 Å². The van der Waals surface area contributed by atoms with Gasteiger partial charge in [0, 0.05) is 44.3 Å². The number of aromatic nitrogens is 1. The Morgan fingerprint density at radius 2 is 1.82 bits per heavy atom. The molecule has 0 atom stereocenters. The van der Waals surface area contributed by atoms with E-state index in [1.807, 2.05) is 29.2 Å². The van der Waals surface area contributed by atoms with Crippen LogP contribution < -0.4 is 10.2 Å². The molecule has 2 N–H and O–H groups in total. The number of nitriles is 1. The summed E-state index contributed by atoms with van der Waals surface area (Å²) < 4.78 is 0. The first kappa shape index (κ1) is 18.9. The summed E-state index contributed by atoms with van der Waals surface area (Å²) in [5.41, 5.74) is 0.546. The number of nitrogens with one attached hydrogen (secondary N) is 1. The number of benzene rings is 1. The van der Waals surface area contributed by atoms with Crippen LogP contribution in [0.1, 0.15) is 10.4 Å². The van der Waals surface area contributed by atoms with Crippen LogP contribution in [-0.4, -0.2) is 53.0 Å². The molecule has 1 saturated heterocycles. The van der Waals surface area contributed by atoms with Gasteiger partial charge >= 0.3 is 5.97 Å². The molecule has 0 aliphatic carbocycles. The lowest BCUT2D eigenvalue weighted by atomic mass is 10.2. The van der Waals surface area contributed by atoms with E-state index in [9.17, 15) is 14.9 Å². The van der Waals surface area contributed by atoms with Gasteiger partial charge in [-0.3, -0.25) is 4.79 Å². The number of carboxylic acid groups (broad SMARTS) is 1. The lowest BCUT2D eigenvalue weighted by molar-refractivity contribution is -0.112. The molecule has 3 rings (SSSR count). The molecule has 0 spiro atoms. The van der Waals surface area contributed by atoms with Crippen molar-refractivity contribution in [2.24, 2.45) is 0 Å². The number of carbonyl (C=O) groups is 2. The molecule has 1 aromatic heterocycles. The van der Waals surface area contributed by atoms with Crippen LogP contribution in [0.2, 0.25) is 0 Å². The number of nitrogens with zero attached hydrogens (tertiary/aromatic N) is 4. The summed E-state index contributed by atoms with van der Waals surface area (Å²) in [5, 5.41) is 20.9. The van der Waals surface area contributed by atoms with Crippen molar-refractivity contribution in [1.82, 2.24) is 9.88 Å². The Bertz CT molecular complexity index is 911. The number of pyridine rings is 1. The highest BCUT2D eigenvalue weighted by Crippen LogP contribution is 2.14. The highest BCUT2D eigenvalue weighted by Gasteiger charge is 2.18. The minimum absolute atomic E-state index is 0.00593. The van der Waals surface area contributed by atoms with Crippen LogP contribution in [0.5, 0.6) is 0 Å². The number of piperazine rings is 1. The quantitative estimate of drug-likeness (QED) is 0.605. The van der Waals surface area contributed by atoms with Gasteiger partial charge in [0.15, 0.2) is 0 Å². The van der Waals surface area contributed by atoms with E-state index in [4.69, 9.17) is 5.11 Å². The largest absolute Gasteiger partial charge is 0.478 e. The van der Waals surface area contributed by atoms with Crippen molar-refractivity contribution in [3.63, 3.8) is 0 Å². The summed E-state index contributed by atoms with van der Waals surface area (Å²) >= 11 is 0. The number of carbonyl (C=O) groups excluding carboxylic acids is 1. The Balaban J connectivity index is 1.60. The molecule has 28 heavy (non-hydrogen) atoms. The fourth-order valence-corrected chi connectivity index (χ4v) is 2.84. The molecule has 8 heteroatoms. The number of anilines is 2. The van der Waals surface area contributed by atoms with Crippen molar-refractivity contribution < 1.29 is 14.7 Å². The standard InChI is InChI=1S/C20H19N5O3/c21-13-16(19(26)23-17-6-4-15(5-7-17)20(27)28)14-24-9-11-25(12-10-24)18-3-1-2-8-22-18/h1-8,14H,9-12H2,(H,23,26)(H,27,28)/b16-14-. The predicted octanol–water partition coefficient (Wildman–Crippen LogP) is 1.95. The Kier molecular flexibility index (Phi) is 5.87. The molecular weight excluding hydrogens is 358 g/mol. The maximum absolute atomic E-state index is 12.4. The van der Waals surface area contributed by atoms with Crippen molar-refractivity contribution >= 4 is 23.4 Å². The SMILES string of the molecule is N#C/C(=C/N1CCN(c2ccccn2)CC1)C(=O)Nc1ccc(C(=O)O)cc1. The number of carboxylic acids is 1. The highest BCUT2D eigenvalue weighted by molar-refractivity contribution is 6.06. The summed E-state index contributed by atoms with van der Waals surface area (Å²) in [7, 11) is 0. The Morgan fingerprint density at radius 1 is 1.11 bits per heavy atom. The molecule has 0 bridgehead atoms. The van der Waals surface area contributed by atoms with E-state index in [0.29, 0.717) is 18.8 Å². The zero-order valence-corrected chi connectivity index (χ0v) is 15.1. The van der Waals surface area contributed by atoms with Gasteiger partial charge in [-0.25, -0.2) is 9.78 Å². The van der Waals surface area contributed by atoms with Crippen LogP contribution >= 0.6 is 0 Å². The third kappa shape index (κ3) is 4.65. The lowest BCUT2D eigenvalue weighted by Crippen LogP contribution is -2.44. The van der Waals surface area contributed by atoms with E-state index in [0.717, 1.165) is 18.9 Å². The smallest absolute Gasteiger partial charge is 0.335 e. The first-order valence-electron chi connectivity index (χ1n) is 8.73. The average Bonchev–Trinajstić information content (AvgIpc) is 2.73. The molecule has 1 aromatic carbocycles. The number of hydrogen-bond acceptors (Lipinski definition) is 6. The Morgan fingerprint density at radius 3 is 2.39 bits per heavy atom. The molecule has 0 saturated carbocycles. The predicted molar refractivity (Wildman–Crippen MR) is 104 cm³/mol. The zero-order chi connectivity index (χ0) is 19.9. The van der Waals surface area contributed by atoms with Crippen molar-refractivity contribution in [2.45, 2.75) is 0 Å². The molecular formula is C20H19N5O3. The fraction of sp³-hybridized carbons (Fsp3) is 0.200. The van der Waals surface area contributed by atoms with Gasteiger partial charge in [0.05, 0.1) is 5.56 Å². The second-order valence-electron chi connectivity index (χ2n) is 6.20. The molecule has 1 amide bonds. The molecule has 1 fully saturated rings. The minimum Gasteiger partial charge on any atom is -0.478 e. The van der Waals surface area contributed by atoms with Crippen LogP contribution in [0.15, 0.2) is 60.4 Å². The summed E-state index contributed by atoms with van der Waals surface area (Å²) in [6.45, 7) is 2.82. The monoisotopic (exact) mass is 377 g/mol. The van der Waals surface area contributed by atoms with Gasteiger partial charge in [0.2, 0.25) is 0 Å². The fourth-order valence-electron chi connectivity index (χ4n) is 2.84. The van der Waals surface area contributed by atoms with E-state index >= 15 is 0 Å². The zero-order valence-electron chi connectivity index (χ0n) is 15.1. The van der Waals surface area contributed by atoms with E-state index in [1.54, 1.807) is 12.4 Å². The number of rotatable bonds is 5. The summed E-state index contributed by atoms with van der Waals surface area (Å²) in [4.78, 5) is 31.7. The van der Waals surface area contributed by atoms with Gasteiger partial charge in [0.25, 0.3) is 5.91 Å². The lowest BCUT2D eigenvalue weighted by Gasteiger charge is -2.34. The number of hydrogen-bond donors (Lipinski definition) is 2. The van der Waals surface area contributed by atoms with Crippen molar-refractivity contribution in [3.8, 4) is 6.07 Å². The molecule has 1 aliphatic rings. The highest BCUT2D eigenvalue weighted by atomic mass is 16.4. The molecule has 142 valence electrons. The van der Waals surface area contributed by atoms with E-state index in [1.165, 1.54) is 24.3 Å². The number of amides is 1. The van der Waals surface area contributed by atoms with E-state index < -0.39 is 11.9 Å². The molecule has 0 unspecified atom stereocenters. The Hall–Kier alpha value is -3.86. The van der Waals surface area contributed by atoms with Crippen molar-refractivity contribution in [2.75, 3.05) is 36.4 Å².